The van der Waals surface area contributed by atoms with Crippen LogP contribution in [0.1, 0.15) is 41.6 Å². The van der Waals surface area contributed by atoms with Gasteiger partial charge in [-0.15, -0.1) is 0 Å². The summed E-state index contributed by atoms with van der Waals surface area (Å²) < 4.78 is 14.3. The third-order valence-corrected chi connectivity index (χ3v) is 3.50. The molecule has 22 heavy (non-hydrogen) atoms. The zero-order chi connectivity index (χ0) is 16.2. The van der Waals surface area contributed by atoms with Gasteiger partial charge < -0.3 is 5.32 Å². The highest BCUT2D eigenvalue weighted by Crippen LogP contribution is 2.34. The van der Waals surface area contributed by atoms with Gasteiger partial charge in [0.2, 0.25) is 0 Å². The van der Waals surface area contributed by atoms with Crippen molar-refractivity contribution in [2.45, 2.75) is 26.3 Å². The lowest BCUT2D eigenvalue weighted by atomic mass is 10.0. The molecule has 0 spiro atoms. The Kier molecular flexibility index (Phi) is 2.95. The fraction of sp³-hybridized carbons (Fsp3) is 0.312. The van der Waals surface area contributed by atoms with Crippen LogP contribution in [0.15, 0.2) is 18.2 Å². The van der Waals surface area contributed by atoms with Crippen molar-refractivity contribution in [3.63, 3.8) is 0 Å². The molecule has 0 aliphatic carbocycles. The number of halogens is 1. The summed E-state index contributed by atoms with van der Waals surface area (Å²) in [6.45, 7) is 5.73. The summed E-state index contributed by atoms with van der Waals surface area (Å²) in [5, 5.41) is 3.74. The first-order valence-corrected chi connectivity index (χ1v) is 6.93. The van der Waals surface area contributed by atoms with Gasteiger partial charge in [-0.2, -0.15) is 0 Å². The molecule has 0 unspecified atom stereocenters. The molecule has 114 valence electrons. The van der Waals surface area contributed by atoms with Gasteiger partial charge in [-0.3, -0.25) is 14.5 Å². The second kappa shape index (κ2) is 4.50. The smallest absolute Gasteiger partial charge is 0.280 e. The van der Waals surface area contributed by atoms with Gasteiger partial charge in [0.15, 0.2) is 0 Å². The fourth-order valence-electron chi connectivity index (χ4n) is 2.56. The van der Waals surface area contributed by atoms with E-state index in [9.17, 15) is 14.0 Å². The van der Waals surface area contributed by atoms with Crippen molar-refractivity contribution >= 4 is 28.4 Å². The molecule has 0 atom stereocenters. The zero-order valence-electron chi connectivity index (χ0n) is 12.8. The highest BCUT2D eigenvalue weighted by atomic mass is 19.1. The van der Waals surface area contributed by atoms with Gasteiger partial charge in [0, 0.05) is 18.0 Å². The second-order valence-corrected chi connectivity index (χ2v) is 6.39. The first kappa shape index (κ1) is 14.4. The molecule has 0 saturated carbocycles. The third-order valence-electron chi connectivity index (χ3n) is 3.50. The van der Waals surface area contributed by atoms with Gasteiger partial charge in [-0.1, -0.05) is 12.1 Å². The quantitative estimate of drug-likeness (QED) is 0.823. The van der Waals surface area contributed by atoms with Crippen LogP contribution in [0.5, 0.6) is 0 Å². The van der Waals surface area contributed by atoms with E-state index in [4.69, 9.17) is 0 Å². The van der Waals surface area contributed by atoms with Gasteiger partial charge in [-0.25, -0.2) is 9.37 Å². The Morgan fingerprint density at radius 3 is 2.50 bits per heavy atom. The van der Waals surface area contributed by atoms with Crippen molar-refractivity contribution in [3.8, 4) is 0 Å². The number of rotatable bonds is 1. The van der Waals surface area contributed by atoms with Crippen LogP contribution in [0, 0.1) is 5.82 Å². The number of aromatic nitrogens is 1. The maximum Gasteiger partial charge on any atom is 0.280 e. The predicted molar refractivity (Wildman–Crippen MR) is 81.5 cm³/mol. The van der Waals surface area contributed by atoms with Crippen molar-refractivity contribution in [1.82, 2.24) is 9.88 Å². The summed E-state index contributed by atoms with van der Waals surface area (Å²) >= 11 is 0. The van der Waals surface area contributed by atoms with Gasteiger partial charge in [0.1, 0.15) is 17.3 Å². The topological polar surface area (TPSA) is 62.3 Å². The highest BCUT2D eigenvalue weighted by molar-refractivity contribution is 6.26. The minimum atomic E-state index is -0.477. The van der Waals surface area contributed by atoms with E-state index in [1.54, 1.807) is 6.07 Å². The number of hydrogen-bond acceptors (Lipinski definition) is 4. The normalized spacial score (nSPS) is 14.7. The molecule has 0 fully saturated rings. The zero-order valence-corrected chi connectivity index (χ0v) is 12.8. The third kappa shape index (κ3) is 2.03. The number of carbonyl (C=O) groups is 2. The first-order valence-electron chi connectivity index (χ1n) is 6.93. The Morgan fingerprint density at radius 2 is 1.86 bits per heavy atom. The maximum atomic E-state index is 14.3. The van der Waals surface area contributed by atoms with Crippen LogP contribution in [0.3, 0.4) is 0 Å². The van der Waals surface area contributed by atoms with Crippen LogP contribution in [0.4, 0.5) is 10.2 Å². The van der Waals surface area contributed by atoms with E-state index in [0.717, 1.165) is 4.90 Å². The van der Waals surface area contributed by atoms with Crippen LogP contribution in [-0.2, 0) is 0 Å². The van der Waals surface area contributed by atoms with Gasteiger partial charge in [0.25, 0.3) is 11.8 Å². The molecule has 2 aromatic rings. The molecule has 6 heteroatoms. The second-order valence-electron chi connectivity index (χ2n) is 6.39. The van der Waals surface area contributed by atoms with E-state index in [1.807, 2.05) is 20.8 Å². The Bertz CT molecular complexity index is 824. The van der Waals surface area contributed by atoms with Crippen LogP contribution < -0.4 is 5.32 Å². The van der Waals surface area contributed by atoms with Crippen LogP contribution >= 0.6 is 0 Å². The minimum Gasteiger partial charge on any atom is -0.365 e. The lowest BCUT2D eigenvalue weighted by Crippen LogP contribution is -2.27. The molecule has 2 amide bonds. The summed E-state index contributed by atoms with van der Waals surface area (Å²) in [4.78, 5) is 29.7. The highest BCUT2D eigenvalue weighted by Gasteiger charge is 2.37. The van der Waals surface area contributed by atoms with E-state index in [-0.39, 0.29) is 28.0 Å². The summed E-state index contributed by atoms with van der Waals surface area (Å²) in [5.74, 6) is -1.13. The summed E-state index contributed by atoms with van der Waals surface area (Å²) in [7, 11) is 1.40. The van der Waals surface area contributed by atoms with Crippen LogP contribution in [0.2, 0.25) is 0 Å². The summed E-state index contributed by atoms with van der Waals surface area (Å²) in [6, 6.07) is 4.47. The van der Waals surface area contributed by atoms with Crippen LogP contribution in [-0.4, -0.2) is 34.3 Å². The standard InChI is InChI=1S/C16H16FN3O2/c1-16(2,3)19-13-10-8(6-5-7-9(10)17)11-12(18-13)15(22)20(4)14(11)21/h5-7H,1-4H3,(H,18,19). The number of hydrogen-bond donors (Lipinski definition) is 1. The maximum absolute atomic E-state index is 14.3. The molecule has 1 aliphatic rings. The van der Waals surface area contributed by atoms with E-state index in [1.165, 1.54) is 19.2 Å². The van der Waals surface area contributed by atoms with Crippen molar-refractivity contribution in [2.75, 3.05) is 12.4 Å². The van der Waals surface area contributed by atoms with Crippen molar-refractivity contribution in [2.24, 2.45) is 0 Å². The summed E-state index contributed by atoms with van der Waals surface area (Å²) in [5.41, 5.74) is -0.132. The van der Waals surface area contributed by atoms with Crippen molar-refractivity contribution < 1.29 is 14.0 Å². The number of fused-ring (bicyclic) bond motifs is 3. The average molecular weight is 301 g/mol. The van der Waals surface area contributed by atoms with E-state index < -0.39 is 17.6 Å². The van der Waals surface area contributed by atoms with E-state index >= 15 is 0 Å². The Balaban J connectivity index is 2.40. The molecule has 1 aromatic heterocycles. The van der Waals surface area contributed by atoms with Gasteiger partial charge in [0.05, 0.1) is 10.9 Å². The molecule has 0 saturated heterocycles. The molecular weight excluding hydrogens is 285 g/mol. The number of carbonyl (C=O) groups excluding carboxylic acids is 2. The Labute approximate surface area is 127 Å². The largest absolute Gasteiger partial charge is 0.365 e. The minimum absolute atomic E-state index is 0.0670. The molecule has 0 bridgehead atoms. The molecule has 2 heterocycles. The summed E-state index contributed by atoms with van der Waals surface area (Å²) in [6.07, 6.45) is 0. The molecule has 5 nitrogen and oxygen atoms in total. The molecule has 3 rings (SSSR count). The molecule has 1 aliphatic heterocycles. The number of benzene rings is 1. The van der Waals surface area contributed by atoms with Gasteiger partial charge >= 0.3 is 0 Å². The Morgan fingerprint density at radius 1 is 1.18 bits per heavy atom. The van der Waals surface area contributed by atoms with Crippen molar-refractivity contribution in [1.29, 1.82) is 0 Å². The fourth-order valence-corrected chi connectivity index (χ4v) is 2.56. The number of pyridine rings is 1. The van der Waals surface area contributed by atoms with Crippen LogP contribution in [0.25, 0.3) is 10.8 Å². The van der Waals surface area contributed by atoms with E-state index in [0.29, 0.717) is 5.39 Å². The number of nitrogens with zero attached hydrogens (tertiary/aromatic N) is 2. The number of nitrogens with one attached hydrogen (secondary N) is 1. The monoisotopic (exact) mass is 301 g/mol. The molecule has 1 aromatic carbocycles. The molecule has 0 radical (unpaired) electrons. The number of imide groups is 1. The van der Waals surface area contributed by atoms with E-state index in [2.05, 4.69) is 10.3 Å². The predicted octanol–water partition coefficient (Wildman–Crippen LogP) is 2.81. The average Bonchev–Trinajstić information content (AvgIpc) is 2.62. The number of amides is 2. The first-order chi connectivity index (χ1) is 10.2. The number of anilines is 1. The van der Waals surface area contributed by atoms with Crippen molar-refractivity contribution in [3.05, 3.63) is 35.3 Å². The van der Waals surface area contributed by atoms with Gasteiger partial charge in [-0.05, 0) is 26.8 Å². The SMILES string of the molecule is CN1C(=O)c2nc(NC(C)(C)C)c3c(F)cccc3c2C1=O. The Hall–Kier alpha value is -2.50. The molecule has 1 N–H and O–H groups in total. The molecular formula is C16H16FN3O2. The lowest BCUT2D eigenvalue weighted by Gasteiger charge is -2.23. The lowest BCUT2D eigenvalue weighted by molar-refractivity contribution is 0.0692.